The van der Waals surface area contributed by atoms with Crippen LogP contribution in [0.5, 0.6) is 17.5 Å². The van der Waals surface area contributed by atoms with E-state index in [1.54, 1.807) is 48.5 Å². The van der Waals surface area contributed by atoms with E-state index in [4.69, 9.17) is 33.0 Å². The van der Waals surface area contributed by atoms with Crippen LogP contribution in [-0.4, -0.2) is 94.2 Å². The van der Waals surface area contributed by atoms with Crippen LogP contribution < -0.4 is 10.1 Å². The molecule has 5 aromatic rings. The lowest BCUT2D eigenvalue weighted by Crippen LogP contribution is -2.48. The number of aromatic amines is 1. The Kier molecular flexibility index (Phi) is 10.6. The molecule has 0 saturated heterocycles. The van der Waals surface area contributed by atoms with E-state index in [1.807, 2.05) is 0 Å². The highest BCUT2D eigenvalue weighted by Crippen LogP contribution is 2.34. The van der Waals surface area contributed by atoms with Crippen LogP contribution in [0.2, 0.25) is 10.0 Å². The van der Waals surface area contributed by atoms with E-state index in [9.17, 15) is 35.4 Å². The maximum Gasteiger partial charge on any atom is 0.337 e. The van der Waals surface area contributed by atoms with Gasteiger partial charge in [-0.1, -0.05) is 59.6 Å². The van der Waals surface area contributed by atoms with Crippen molar-refractivity contribution >= 4 is 40.3 Å². The molecule has 4 atom stereocenters. The lowest BCUT2D eigenvalue weighted by Gasteiger charge is -2.25. The monoisotopic (exact) mass is 684 g/mol. The van der Waals surface area contributed by atoms with Gasteiger partial charge in [0.2, 0.25) is 0 Å². The van der Waals surface area contributed by atoms with E-state index in [0.717, 1.165) is 5.56 Å². The molecule has 0 amide bonds. The van der Waals surface area contributed by atoms with Crippen LogP contribution in [0.1, 0.15) is 15.9 Å². The van der Waals surface area contributed by atoms with Gasteiger partial charge in [0.05, 0.1) is 39.5 Å². The summed E-state index contributed by atoms with van der Waals surface area (Å²) in [5.41, 5.74) is 3.82. The third-order valence-corrected chi connectivity index (χ3v) is 7.94. The first-order valence-corrected chi connectivity index (χ1v) is 14.9. The molecule has 0 aliphatic rings. The van der Waals surface area contributed by atoms with Crippen LogP contribution in [0.3, 0.4) is 0 Å². The summed E-state index contributed by atoms with van der Waals surface area (Å²) in [6.07, 6.45) is -6.37. The van der Waals surface area contributed by atoms with Crippen LogP contribution in [0.15, 0.2) is 66.7 Å². The quantitative estimate of drug-likeness (QED) is 0.0871. The molecule has 13 nitrogen and oxygen atoms in total. The lowest BCUT2D eigenvalue weighted by molar-refractivity contribution is -0.114. The van der Waals surface area contributed by atoms with Gasteiger partial charge in [0.1, 0.15) is 29.8 Å². The molecular formula is C32H30Cl2N4O9. The number of aliphatic hydroxyl groups is 5. The van der Waals surface area contributed by atoms with Gasteiger partial charge >= 0.3 is 12.0 Å². The number of halogens is 2. The summed E-state index contributed by atoms with van der Waals surface area (Å²) in [7, 11) is 0. The maximum atomic E-state index is 11.4. The Balaban J connectivity index is 1.25. The molecule has 0 saturated carbocycles. The molecule has 0 bridgehead atoms. The van der Waals surface area contributed by atoms with Crippen molar-refractivity contribution in [3.63, 3.8) is 0 Å². The second-order valence-corrected chi connectivity index (χ2v) is 11.5. The fraction of sp³-hybridized carbons (Fsp3) is 0.219. The number of nitrogens with one attached hydrogen (secondary N) is 2. The normalized spacial score (nSPS) is 14.1. The molecule has 0 aliphatic heterocycles. The number of carbonyl (C=O) groups is 1. The molecule has 47 heavy (non-hydrogen) atoms. The zero-order chi connectivity index (χ0) is 33.8. The average molecular weight is 686 g/mol. The van der Waals surface area contributed by atoms with Gasteiger partial charge in [0.25, 0.3) is 0 Å². The van der Waals surface area contributed by atoms with Gasteiger partial charge in [-0.05, 0) is 41.5 Å². The molecule has 15 heteroatoms. The molecule has 0 radical (unpaired) electrons. The number of carboxylic acids is 1. The molecule has 0 spiro atoms. The van der Waals surface area contributed by atoms with E-state index < -0.39 is 37.0 Å². The highest BCUT2D eigenvalue weighted by atomic mass is 35.5. The van der Waals surface area contributed by atoms with Crippen molar-refractivity contribution < 1.29 is 45.3 Å². The van der Waals surface area contributed by atoms with Crippen molar-refractivity contribution in [3.8, 4) is 39.9 Å². The number of carboxylic acid groups (broad SMARTS) is 1. The van der Waals surface area contributed by atoms with Crippen LogP contribution in [0.25, 0.3) is 33.5 Å². The number of nitrogens with zero attached hydrogens (tertiary/aromatic N) is 2. The number of aliphatic hydroxyl groups excluding tert-OH is 5. The van der Waals surface area contributed by atoms with Crippen LogP contribution in [-0.2, 0) is 6.54 Å². The van der Waals surface area contributed by atoms with E-state index in [0.29, 0.717) is 38.6 Å². The molecule has 2 heterocycles. The zero-order valence-electron chi connectivity index (χ0n) is 24.4. The van der Waals surface area contributed by atoms with E-state index >= 15 is 0 Å². The topological polar surface area (TPSA) is 222 Å². The average Bonchev–Trinajstić information content (AvgIpc) is 3.44. The Bertz CT molecular complexity index is 1890. The number of H-pyrrole nitrogens is 1. The third-order valence-electron chi connectivity index (χ3n) is 7.33. The minimum atomic E-state index is -1.71. The number of aromatic nitrogens is 3. The first kappa shape index (κ1) is 34.0. The number of hydrogen-bond acceptors (Lipinski definition) is 11. The Morgan fingerprint density at radius 2 is 1.57 bits per heavy atom. The summed E-state index contributed by atoms with van der Waals surface area (Å²) in [4.78, 5) is 23.3. The molecule has 0 aliphatic carbocycles. The summed E-state index contributed by atoms with van der Waals surface area (Å²) < 4.78 is 5.69. The largest absolute Gasteiger partial charge is 0.507 e. The van der Waals surface area contributed by atoms with Gasteiger partial charge < -0.3 is 50.8 Å². The van der Waals surface area contributed by atoms with Crippen molar-refractivity contribution in [2.45, 2.75) is 31.0 Å². The first-order valence-electron chi connectivity index (χ1n) is 14.2. The summed E-state index contributed by atoms with van der Waals surface area (Å²) in [6.45, 7) is -0.655. The second kappa shape index (κ2) is 14.6. The minimum Gasteiger partial charge on any atom is -0.507 e. The summed E-state index contributed by atoms with van der Waals surface area (Å²) in [5.74, 6) is -0.968. The number of aromatic hydroxyl groups is 1. The summed E-state index contributed by atoms with van der Waals surface area (Å²) in [5, 5.41) is 71.4. The molecule has 3 aromatic carbocycles. The predicted molar refractivity (Wildman–Crippen MR) is 173 cm³/mol. The smallest absolute Gasteiger partial charge is 0.337 e. The second-order valence-electron chi connectivity index (χ2n) is 10.6. The van der Waals surface area contributed by atoms with Gasteiger partial charge in [0.15, 0.2) is 5.65 Å². The number of pyridine rings is 1. The van der Waals surface area contributed by atoms with Crippen molar-refractivity contribution in [1.82, 2.24) is 20.3 Å². The Hall–Kier alpha value is -4.31. The van der Waals surface area contributed by atoms with Crippen molar-refractivity contribution in [1.29, 1.82) is 0 Å². The number of imidazole rings is 1. The predicted octanol–water partition coefficient (Wildman–Crippen LogP) is 3.32. The van der Waals surface area contributed by atoms with Crippen LogP contribution in [0.4, 0.5) is 0 Å². The van der Waals surface area contributed by atoms with Gasteiger partial charge in [0, 0.05) is 24.2 Å². The number of phenolic OH excluding ortho intramolecular Hbond substituents is 1. The van der Waals surface area contributed by atoms with E-state index in [1.165, 1.54) is 18.2 Å². The molecule has 0 unspecified atom stereocenters. The number of benzene rings is 3. The molecule has 5 rings (SSSR count). The molecule has 246 valence electrons. The standard InChI is InChI=1S/C32H30Cl2N4O9/c33-21-8-6-18(10-20(21)31(45)46)47-32-36-23-11-22(34)27(37-30(23)38-32)17-4-2-16(3-5-17)19-7-1-15(9-24(19)40)12-35-13-25(41)28(43)29(44)26(42)14-39/h1-11,25-26,28-29,35,39-44H,12-14H2,(H,45,46)(H,36,37,38)/t25-,26+,28+,29+/m0/s1. The zero-order valence-corrected chi connectivity index (χ0v) is 25.9. The minimum absolute atomic E-state index is 0.0110. The van der Waals surface area contributed by atoms with E-state index in [-0.39, 0.29) is 41.2 Å². The highest BCUT2D eigenvalue weighted by Gasteiger charge is 2.29. The van der Waals surface area contributed by atoms with Crippen molar-refractivity contribution in [2.24, 2.45) is 0 Å². The number of hydrogen-bond donors (Lipinski definition) is 9. The number of fused-ring (bicyclic) bond motifs is 1. The SMILES string of the molecule is O=C(O)c1cc(Oc2nc3nc(-c4ccc(-c5ccc(CNC[C@H](O)[C@@H](O)[C@H](O)[C@H](O)CO)cc5O)cc4)c(Cl)cc3[nH]2)ccc1Cl. The molecular weight excluding hydrogens is 655 g/mol. The van der Waals surface area contributed by atoms with Crippen molar-refractivity contribution in [3.05, 3.63) is 87.9 Å². The van der Waals surface area contributed by atoms with Gasteiger partial charge in [-0.2, -0.15) is 4.98 Å². The Labute approximate surface area is 277 Å². The Morgan fingerprint density at radius 3 is 2.26 bits per heavy atom. The third kappa shape index (κ3) is 7.81. The number of aromatic carboxylic acids is 1. The summed E-state index contributed by atoms with van der Waals surface area (Å²) >= 11 is 12.5. The molecule has 9 N–H and O–H groups in total. The highest BCUT2D eigenvalue weighted by molar-refractivity contribution is 6.34. The maximum absolute atomic E-state index is 11.4. The number of rotatable bonds is 13. The first-order chi connectivity index (χ1) is 22.4. The number of ether oxygens (including phenoxy) is 1. The van der Waals surface area contributed by atoms with Crippen LogP contribution in [0, 0.1) is 0 Å². The molecule has 0 fully saturated rings. The fourth-order valence-electron chi connectivity index (χ4n) is 4.78. The van der Waals surface area contributed by atoms with Gasteiger partial charge in [-0.15, -0.1) is 0 Å². The molecule has 2 aromatic heterocycles. The van der Waals surface area contributed by atoms with Crippen molar-refractivity contribution in [2.75, 3.05) is 13.2 Å². The van der Waals surface area contributed by atoms with Gasteiger partial charge in [-0.25, -0.2) is 9.78 Å². The van der Waals surface area contributed by atoms with Crippen LogP contribution >= 0.6 is 23.2 Å². The summed E-state index contributed by atoms with van der Waals surface area (Å²) in [6, 6.07) is 18.2. The number of phenols is 1. The van der Waals surface area contributed by atoms with E-state index in [2.05, 4.69) is 20.3 Å². The lowest BCUT2D eigenvalue weighted by atomic mass is 10.00. The Morgan fingerprint density at radius 1 is 0.872 bits per heavy atom. The van der Waals surface area contributed by atoms with Gasteiger partial charge in [-0.3, -0.25) is 0 Å². The fourth-order valence-corrected chi connectivity index (χ4v) is 5.24.